The maximum atomic E-state index is 14.2. The first-order valence-corrected chi connectivity index (χ1v) is 25.0. The number of methoxy groups -OCH3 is 2. The summed E-state index contributed by atoms with van der Waals surface area (Å²) >= 11 is 0. The molecule has 4 aliphatic rings. The zero-order valence-electron chi connectivity index (χ0n) is 35.2. The molecule has 2 aliphatic carbocycles. The lowest BCUT2D eigenvalue weighted by Crippen LogP contribution is -2.52. The van der Waals surface area contributed by atoms with Crippen molar-refractivity contribution in [3.8, 4) is 33.6 Å². The van der Waals surface area contributed by atoms with Gasteiger partial charge in [-0.05, 0) is 78.7 Å². The van der Waals surface area contributed by atoms with Crippen LogP contribution in [0.4, 0.5) is 9.59 Å². The van der Waals surface area contributed by atoms with E-state index in [1.165, 1.54) is 14.2 Å². The molecule has 15 heteroatoms. The number of likely N-dealkylation sites (tertiary alicyclic amines) is 1. The Hall–Kier alpha value is -5.44. The average Bonchev–Trinajstić information content (AvgIpc) is 4.11. The SMILES string of the molecule is COC(=O)N[C@H](C(=O)N1CCC[C@H]1c1ncc(-c2ccc(-c3ccc(-c4cnc([C@@H]5C[Si](C)(C)CN5C(=O)[C@@H](NC(=O)OC)C5CCCC5)[nH]4)cc3)cc2)[nH]1)C1CCCC1. The van der Waals surface area contributed by atoms with Crippen molar-refractivity contribution in [1.82, 2.24) is 40.4 Å². The number of carbonyl (C=O) groups excluding carboxylic acids is 4. The number of carbonyl (C=O) groups is 4. The zero-order chi connectivity index (χ0) is 42.0. The number of alkyl carbamates (subject to hydrolysis) is 2. The van der Waals surface area contributed by atoms with Gasteiger partial charge in [-0.3, -0.25) is 9.59 Å². The summed E-state index contributed by atoms with van der Waals surface area (Å²) in [7, 11) is 0.919. The van der Waals surface area contributed by atoms with Gasteiger partial charge in [0.2, 0.25) is 11.8 Å². The molecule has 8 rings (SSSR count). The van der Waals surface area contributed by atoms with Crippen LogP contribution in [0.5, 0.6) is 0 Å². The zero-order valence-corrected chi connectivity index (χ0v) is 36.2. The Kier molecular flexibility index (Phi) is 12.1. The molecule has 0 spiro atoms. The second kappa shape index (κ2) is 17.6. The highest BCUT2D eigenvalue weighted by molar-refractivity contribution is 6.78. The average molecular weight is 835 g/mol. The van der Waals surface area contributed by atoms with Crippen LogP contribution in [-0.2, 0) is 19.1 Å². The summed E-state index contributed by atoms with van der Waals surface area (Å²) in [5.41, 5.74) is 5.90. The lowest BCUT2D eigenvalue weighted by molar-refractivity contribution is -0.136. The van der Waals surface area contributed by atoms with Gasteiger partial charge in [-0.25, -0.2) is 19.6 Å². The summed E-state index contributed by atoms with van der Waals surface area (Å²) < 4.78 is 9.79. The number of aromatic amines is 2. The Labute approximate surface area is 352 Å². The number of aromatic nitrogens is 4. The number of benzene rings is 2. The summed E-state index contributed by atoms with van der Waals surface area (Å²) in [5, 5.41) is 5.72. The molecule has 4 aromatic rings. The second-order valence-electron chi connectivity index (χ2n) is 17.9. The summed E-state index contributed by atoms with van der Waals surface area (Å²) in [6, 6.07) is 16.1. The van der Waals surface area contributed by atoms with Gasteiger partial charge in [0.1, 0.15) is 23.7 Å². The number of hydrogen-bond acceptors (Lipinski definition) is 8. The lowest BCUT2D eigenvalue weighted by Gasteiger charge is -2.31. The van der Waals surface area contributed by atoms with Crippen LogP contribution < -0.4 is 10.6 Å². The van der Waals surface area contributed by atoms with Crippen LogP contribution in [0.25, 0.3) is 33.6 Å². The van der Waals surface area contributed by atoms with Crippen molar-refractivity contribution in [3.63, 3.8) is 0 Å². The first-order chi connectivity index (χ1) is 29.0. The number of nitrogens with zero attached hydrogens (tertiary/aromatic N) is 4. The Morgan fingerprint density at radius 3 is 1.53 bits per heavy atom. The molecule has 318 valence electrons. The van der Waals surface area contributed by atoms with E-state index in [9.17, 15) is 19.2 Å². The van der Waals surface area contributed by atoms with Gasteiger partial charge in [-0.15, -0.1) is 0 Å². The van der Waals surface area contributed by atoms with E-state index in [1.807, 2.05) is 22.2 Å². The Balaban J connectivity index is 0.931. The molecule has 2 saturated carbocycles. The molecule has 2 aromatic heterocycles. The van der Waals surface area contributed by atoms with Gasteiger partial charge in [0.25, 0.3) is 0 Å². The normalized spacial score (nSPS) is 21.5. The van der Waals surface area contributed by atoms with Crippen molar-refractivity contribution < 1.29 is 28.7 Å². The fraction of sp³-hybridized carbons (Fsp3) is 0.511. The van der Waals surface area contributed by atoms with E-state index in [0.717, 1.165) is 116 Å². The molecule has 4 fully saturated rings. The van der Waals surface area contributed by atoms with Crippen molar-refractivity contribution in [2.45, 2.75) is 108 Å². The maximum absolute atomic E-state index is 14.2. The Morgan fingerprint density at radius 1 is 0.633 bits per heavy atom. The third-order valence-electron chi connectivity index (χ3n) is 13.3. The monoisotopic (exact) mass is 834 g/mol. The first-order valence-electron chi connectivity index (χ1n) is 21.6. The third kappa shape index (κ3) is 8.72. The molecule has 0 radical (unpaired) electrons. The molecule has 4 atom stereocenters. The number of imidazole rings is 2. The third-order valence-corrected chi connectivity index (χ3v) is 16.0. The molecular formula is C45H58N8O6Si. The predicted octanol–water partition coefficient (Wildman–Crippen LogP) is 7.76. The van der Waals surface area contributed by atoms with Crippen LogP contribution in [0.1, 0.15) is 87.9 Å². The van der Waals surface area contributed by atoms with Gasteiger partial charge in [0, 0.05) is 12.7 Å². The van der Waals surface area contributed by atoms with Gasteiger partial charge in [0.05, 0.1) is 58.2 Å². The summed E-state index contributed by atoms with van der Waals surface area (Å²) in [6.45, 7) is 5.24. The van der Waals surface area contributed by atoms with Gasteiger partial charge in [0.15, 0.2) is 0 Å². The summed E-state index contributed by atoms with van der Waals surface area (Å²) in [4.78, 5) is 73.1. The molecule has 2 aromatic carbocycles. The van der Waals surface area contributed by atoms with E-state index in [0.29, 0.717) is 12.7 Å². The number of H-pyrrole nitrogens is 2. The standard InChI is InChI=1S/C45H58N8O6Si/c1-58-44(56)50-38(32-10-5-6-11-32)42(54)52-23-9-14-36(52)40-46-24-34(48-40)30-19-15-28(16-20-30)29-17-21-31(22-18-29)35-25-47-41(49-35)37-26-60(3,4)27-53(37)43(55)39(51-45(57)59-2)33-12-7-8-13-33/h15-22,24-25,32-33,36-39H,5-14,23,26-27H2,1-4H3,(H,46,48)(H,47,49)(H,50,56)(H,51,57)/t36-,37-,38-,39-/m0/s1. The highest BCUT2D eigenvalue weighted by atomic mass is 28.3. The van der Waals surface area contributed by atoms with Crippen molar-refractivity contribution in [3.05, 3.63) is 72.6 Å². The van der Waals surface area contributed by atoms with Crippen LogP contribution in [0, 0.1) is 11.8 Å². The second-order valence-corrected chi connectivity index (χ2v) is 22.9. The van der Waals surface area contributed by atoms with Crippen molar-refractivity contribution in [2.75, 3.05) is 26.9 Å². The molecular weight excluding hydrogens is 777 g/mol. The Morgan fingerprint density at radius 2 is 1.07 bits per heavy atom. The minimum absolute atomic E-state index is 0.0390. The molecule has 4 N–H and O–H groups in total. The van der Waals surface area contributed by atoms with Gasteiger partial charge in [-0.1, -0.05) is 87.3 Å². The van der Waals surface area contributed by atoms with Crippen LogP contribution >= 0.6 is 0 Å². The van der Waals surface area contributed by atoms with E-state index in [1.54, 1.807) is 0 Å². The number of rotatable bonds is 11. The van der Waals surface area contributed by atoms with Crippen LogP contribution in [0.15, 0.2) is 60.9 Å². The van der Waals surface area contributed by atoms with Gasteiger partial charge < -0.3 is 39.9 Å². The minimum atomic E-state index is -1.75. The Bertz CT molecular complexity index is 2160. The van der Waals surface area contributed by atoms with E-state index in [2.05, 4.69) is 82.2 Å². The molecule has 4 heterocycles. The van der Waals surface area contributed by atoms with Crippen molar-refractivity contribution in [1.29, 1.82) is 0 Å². The van der Waals surface area contributed by atoms with Crippen LogP contribution in [0.2, 0.25) is 19.1 Å². The van der Waals surface area contributed by atoms with E-state index in [-0.39, 0.29) is 35.7 Å². The number of hydrogen-bond donors (Lipinski definition) is 4. The quantitative estimate of drug-likeness (QED) is 0.111. The number of nitrogens with one attached hydrogen (secondary N) is 4. The topological polar surface area (TPSA) is 175 Å². The van der Waals surface area contributed by atoms with Crippen molar-refractivity contribution in [2.24, 2.45) is 11.8 Å². The number of amides is 4. The van der Waals surface area contributed by atoms with Crippen molar-refractivity contribution >= 4 is 32.1 Å². The molecule has 4 amide bonds. The minimum Gasteiger partial charge on any atom is -0.453 e. The van der Waals surface area contributed by atoms with Gasteiger partial charge >= 0.3 is 12.2 Å². The fourth-order valence-electron chi connectivity index (χ4n) is 10.1. The first kappa shape index (κ1) is 41.3. The maximum Gasteiger partial charge on any atom is 0.407 e. The lowest BCUT2D eigenvalue weighted by atomic mass is 9.96. The predicted molar refractivity (Wildman–Crippen MR) is 230 cm³/mol. The molecule has 0 unspecified atom stereocenters. The molecule has 14 nitrogen and oxygen atoms in total. The highest BCUT2D eigenvalue weighted by Gasteiger charge is 2.47. The van der Waals surface area contributed by atoms with E-state index < -0.39 is 32.3 Å². The molecule has 2 aliphatic heterocycles. The largest absolute Gasteiger partial charge is 0.453 e. The van der Waals surface area contributed by atoms with E-state index >= 15 is 0 Å². The van der Waals surface area contributed by atoms with E-state index in [4.69, 9.17) is 19.4 Å². The highest BCUT2D eigenvalue weighted by Crippen LogP contribution is 2.40. The molecule has 2 saturated heterocycles. The fourth-order valence-corrected chi connectivity index (χ4v) is 13.0. The summed E-state index contributed by atoms with van der Waals surface area (Å²) in [6.07, 6.45) is 12.8. The summed E-state index contributed by atoms with van der Waals surface area (Å²) in [5.74, 6) is 1.64. The molecule has 0 bridgehead atoms. The van der Waals surface area contributed by atoms with Crippen LogP contribution in [-0.4, -0.2) is 101 Å². The number of ether oxygens (including phenoxy) is 2. The molecule has 60 heavy (non-hydrogen) atoms. The van der Waals surface area contributed by atoms with Crippen LogP contribution in [0.3, 0.4) is 0 Å². The van der Waals surface area contributed by atoms with Gasteiger partial charge in [-0.2, -0.15) is 0 Å². The smallest absolute Gasteiger partial charge is 0.407 e.